The van der Waals surface area contributed by atoms with E-state index in [1.54, 1.807) is 52.1 Å². The van der Waals surface area contributed by atoms with Crippen LogP contribution in [0.15, 0.2) is 24.3 Å². The lowest BCUT2D eigenvalue weighted by molar-refractivity contribution is -0.118. The van der Waals surface area contributed by atoms with Gasteiger partial charge in [-0.05, 0) is 65.4 Å². The monoisotopic (exact) mass is 551 g/mol. The fourth-order valence-corrected chi connectivity index (χ4v) is 2.38. The molecule has 0 heterocycles. The second-order valence-corrected chi connectivity index (χ2v) is 8.61. The van der Waals surface area contributed by atoms with Crippen molar-refractivity contribution in [3.8, 4) is 0 Å². The van der Waals surface area contributed by atoms with Gasteiger partial charge in [-0.1, -0.05) is 32.4 Å². The number of hydrogen-bond donors (Lipinski definition) is 5. The van der Waals surface area contributed by atoms with Crippen molar-refractivity contribution < 1.29 is 33.4 Å². The minimum atomic E-state index is -0.830. The van der Waals surface area contributed by atoms with E-state index in [1.165, 1.54) is 13.5 Å². The third-order valence-corrected chi connectivity index (χ3v) is 3.89. The molecule has 13 heteroatoms. The van der Waals surface area contributed by atoms with Crippen LogP contribution in [0.5, 0.6) is 0 Å². The van der Waals surface area contributed by atoms with Crippen LogP contribution in [0.2, 0.25) is 0 Å². The molecule has 12 nitrogen and oxygen atoms in total. The molecule has 0 aliphatic carbocycles. The van der Waals surface area contributed by atoms with Gasteiger partial charge in [-0.2, -0.15) is 0 Å². The Labute approximate surface area is 233 Å². The summed E-state index contributed by atoms with van der Waals surface area (Å²) in [6.45, 7) is 10.1. The molecular formula is C26H46BN5O7. The van der Waals surface area contributed by atoms with Crippen LogP contribution in [0.1, 0.15) is 59.4 Å². The molecule has 220 valence electrons. The number of alkyl carbamates (subject to hydrolysis) is 1. The van der Waals surface area contributed by atoms with Gasteiger partial charge in [0.25, 0.3) is 0 Å². The molecule has 6 N–H and O–H groups in total. The maximum Gasteiger partial charge on any atom is 0.408 e. The van der Waals surface area contributed by atoms with E-state index < -0.39 is 17.6 Å². The molecule has 39 heavy (non-hydrogen) atoms. The first-order valence-electron chi connectivity index (χ1n) is 12.6. The number of carbonyl (C=O) groups is 5. The molecule has 1 aromatic carbocycles. The fraction of sp³-hybridized carbons (Fsp3) is 0.577. The summed E-state index contributed by atoms with van der Waals surface area (Å²) < 4.78 is 9.51. The predicted octanol–water partition coefficient (Wildman–Crippen LogP) is 2.25. The first kappa shape index (κ1) is 40.1. The number of nitrogens with one attached hydrogen (secondary N) is 4. The van der Waals surface area contributed by atoms with Gasteiger partial charge in [0.1, 0.15) is 18.5 Å². The molecule has 1 atom stereocenters. The Bertz CT molecular complexity index is 803. The number of hydrogen-bond acceptors (Lipinski definition) is 9. The molecule has 0 unspecified atom stereocenters. The molecule has 0 bridgehead atoms. The molecule has 0 aliphatic rings. The van der Waals surface area contributed by atoms with Crippen LogP contribution in [0.4, 0.5) is 15.3 Å². The minimum Gasteiger partial charge on any atom is -0.470 e. The normalized spacial score (nSPS) is 10.3. The van der Waals surface area contributed by atoms with Crippen molar-refractivity contribution in [1.29, 1.82) is 0 Å². The highest BCUT2D eigenvalue weighted by Gasteiger charge is 2.16. The largest absolute Gasteiger partial charge is 0.470 e. The predicted molar refractivity (Wildman–Crippen MR) is 154 cm³/mol. The number of rotatable bonds is 12. The number of likely N-dealkylation sites (N-methyl/N-ethyl adjacent to an activating group) is 1. The maximum absolute atomic E-state index is 12.2. The third-order valence-electron chi connectivity index (χ3n) is 3.89. The van der Waals surface area contributed by atoms with E-state index in [-0.39, 0.29) is 25.1 Å². The highest BCUT2D eigenvalue weighted by Crippen LogP contribution is 2.12. The smallest absolute Gasteiger partial charge is 0.408 e. The number of ether oxygens (including phenoxy) is 2. The lowest BCUT2D eigenvalue weighted by atomic mass is 10.1. The van der Waals surface area contributed by atoms with Crippen LogP contribution in [0.3, 0.4) is 0 Å². The van der Waals surface area contributed by atoms with Crippen molar-refractivity contribution in [2.24, 2.45) is 5.73 Å². The average Bonchev–Trinajstić information content (AvgIpc) is 2.88. The van der Waals surface area contributed by atoms with Crippen LogP contribution in [0, 0.1) is 0 Å². The summed E-state index contributed by atoms with van der Waals surface area (Å²) in [6, 6.07) is 6.57. The van der Waals surface area contributed by atoms with Crippen molar-refractivity contribution in [2.45, 2.75) is 72.1 Å². The molecule has 0 spiro atoms. The Morgan fingerprint density at radius 3 is 2.08 bits per heavy atom. The maximum atomic E-state index is 12.2. The number of anilines is 1. The first-order valence-corrected chi connectivity index (χ1v) is 12.6. The van der Waals surface area contributed by atoms with E-state index in [2.05, 4.69) is 45.6 Å². The number of carbonyl (C=O) groups excluding carboxylic acids is 5. The van der Waals surface area contributed by atoms with E-state index in [4.69, 9.17) is 12.6 Å². The van der Waals surface area contributed by atoms with Crippen LogP contribution in [0.25, 0.3) is 0 Å². The lowest BCUT2D eigenvalue weighted by Crippen LogP contribution is -2.38. The summed E-state index contributed by atoms with van der Waals surface area (Å²) in [5.74, 6) is -0.983. The minimum absolute atomic E-state index is 0.00505. The van der Waals surface area contributed by atoms with Gasteiger partial charge in [-0.15, -0.1) is 0 Å². The van der Waals surface area contributed by atoms with Crippen molar-refractivity contribution in [3.63, 3.8) is 0 Å². The zero-order chi connectivity index (χ0) is 30.7. The molecule has 0 saturated heterocycles. The van der Waals surface area contributed by atoms with Gasteiger partial charge < -0.3 is 41.3 Å². The van der Waals surface area contributed by atoms with Gasteiger partial charge in [0.05, 0.1) is 12.6 Å². The number of aldehydes is 1. The van der Waals surface area contributed by atoms with E-state index in [1.807, 2.05) is 0 Å². The van der Waals surface area contributed by atoms with Gasteiger partial charge in [-0.25, -0.2) is 4.79 Å². The molecule has 0 saturated carbocycles. The zero-order valence-corrected chi connectivity index (χ0v) is 24.3. The average molecular weight is 551 g/mol. The number of nitrogens with two attached hydrogens (primary N) is 1. The first-order chi connectivity index (χ1) is 18.4. The number of amides is 3. The van der Waals surface area contributed by atoms with Gasteiger partial charge in [0, 0.05) is 12.2 Å². The van der Waals surface area contributed by atoms with Crippen molar-refractivity contribution >= 4 is 44.1 Å². The highest BCUT2D eigenvalue weighted by molar-refractivity contribution is 6.55. The van der Waals surface area contributed by atoms with Crippen molar-refractivity contribution in [1.82, 2.24) is 16.0 Å². The van der Waals surface area contributed by atoms with E-state index in [0.717, 1.165) is 5.56 Å². The lowest BCUT2D eigenvalue weighted by Gasteiger charge is -2.18. The van der Waals surface area contributed by atoms with Crippen LogP contribution in [-0.2, 0) is 30.5 Å². The molecule has 0 aromatic heterocycles. The van der Waals surface area contributed by atoms with Crippen LogP contribution in [-0.4, -0.2) is 77.2 Å². The van der Waals surface area contributed by atoms with Gasteiger partial charge in [0.15, 0.2) is 0 Å². The molecule has 1 aromatic rings. The highest BCUT2D eigenvalue weighted by atomic mass is 16.6. The van der Waals surface area contributed by atoms with Crippen molar-refractivity contribution in [3.05, 3.63) is 29.8 Å². The summed E-state index contributed by atoms with van der Waals surface area (Å²) in [5.41, 5.74) is 5.41. The van der Waals surface area contributed by atoms with Crippen molar-refractivity contribution in [2.75, 3.05) is 32.5 Å². The second-order valence-electron chi connectivity index (χ2n) is 8.61. The Morgan fingerprint density at radius 1 is 1.08 bits per heavy atom. The molecule has 0 aliphatic heterocycles. The Balaban J connectivity index is -0.000000676. The topological polar surface area (TPSA) is 178 Å². The van der Waals surface area contributed by atoms with Crippen LogP contribution < -0.4 is 27.0 Å². The quantitative estimate of drug-likeness (QED) is 0.148. The second kappa shape index (κ2) is 26.2. The molecule has 0 fully saturated rings. The standard InChI is InChI=1S/C15H20BN3O4.C7H13NO3.C3H8.CH5N/c1-17-13(3-2-8-18-10-20)14(21)19-12-6-4-11(5-7-12)9-23-15(16)22;1-7(2,3)11-6(10)8-4-5-9;1-3-2;1-2/h4-7,10,13,17H,2-3,8-9H2,1H3,(H,18,20)(H,19,21);5H,4H2,1-3H3,(H,8,10);3H2,1-2H3;2H2,1H3/t13-;;;/m0.../s1. The fourth-order valence-electron chi connectivity index (χ4n) is 2.38. The SMILES string of the molecule is CC(C)(C)OC(=O)NCC=O.CCC.CN.[B]C(=O)OCc1ccc(NC(=O)[C@H](CCCNC=O)NC)cc1. The number of benzene rings is 1. The Kier molecular flexibility index (Phi) is 26.9. The van der Waals surface area contributed by atoms with Gasteiger partial charge in [0.2, 0.25) is 26.0 Å². The third kappa shape index (κ3) is 27.4. The van der Waals surface area contributed by atoms with E-state index >= 15 is 0 Å². The van der Waals surface area contributed by atoms with Gasteiger partial charge >= 0.3 is 6.09 Å². The molecular weight excluding hydrogens is 505 g/mol. The Hall–Kier alpha value is -3.45. The van der Waals surface area contributed by atoms with Gasteiger partial charge in [-0.3, -0.25) is 14.4 Å². The molecule has 1 rings (SSSR count). The summed E-state index contributed by atoms with van der Waals surface area (Å²) in [6.07, 6.45) is 3.22. The molecule has 3 amide bonds. The summed E-state index contributed by atoms with van der Waals surface area (Å²) in [5, 5.41) is 10.6. The summed E-state index contributed by atoms with van der Waals surface area (Å²) in [4.78, 5) is 53.4. The zero-order valence-electron chi connectivity index (χ0n) is 24.3. The summed E-state index contributed by atoms with van der Waals surface area (Å²) >= 11 is 0. The van der Waals surface area contributed by atoms with E-state index in [9.17, 15) is 24.0 Å². The van der Waals surface area contributed by atoms with E-state index in [0.29, 0.717) is 37.8 Å². The summed E-state index contributed by atoms with van der Waals surface area (Å²) in [7, 11) is 8.10. The Morgan fingerprint density at radius 2 is 1.64 bits per heavy atom. The molecule has 2 radical (unpaired) electrons. The van der Waals surface area contributed by atoms with Crippen LogP contribution >= 0.6 is 0 Å².